The Kier molecular flexibility index (Phi) is 4.87. The Balaban J connectivity index is 1.97. The number of carboxylic acids is 1. The predicted octanol–water partition coefficient (Wildman–Crippen LogP) is -0.390. The van der Waals surface area contributed by atoms with Gasteiger partial charge in [0.05, 0.1) is 25.0 Å². The molecule has 2 rings (SSSR count). The highest BCUT2D eigenvalue weighted by atomic mass is 32.2. The van der Waals surface area contributed by atoms with Crippen LogP contribution in [0.5, 0.6) is 0 Å². The van der Waals surface area contributed by atoms with Gasteiger partial charge in [0.2, 0.25) is 11.8 Å². The lowest BCUT2D eigenvalue weighted by Gasteiger charge is -2.35. The molecule has 20 heavy (non-hydrogen) atoms. The minimum atomic E-state index is -0.939. The normalized spacial score (nSPS) is 26.6. The first-order valence-electron chi connectivity index (χ1n) is 6.46. The summed E-state index contributed by atoms with van der Waals surface area (Å²) >= 11 is 1.55. The Morgan fingerprint density at radius 1 is 1.40 bits per heavy atom. The van der Waals surface area contributed by atoms with E-state index in [0.29, 0.717) is 24.8 Å². The van der Waals surface area contributed by atoms with Crippen molar-refractivity contribution in [2.45, 2.75) is 25.5 Å². The second-order valence-corrected chi connectivity index (χ2v) is 5.88. The molecule has 0 aromatic carbocycles. The number of nitrogens with zero attached hydrogens (tertiary/aromatic N) is 2. The van der Waals surface area contributed by atoms with Gasteiger partial charge >= 0.3 is 5.97 Å². The summed E-state index contributed by atoms with van der Waals surface area (Å²) in [6, 6.07) is -0.430. The molecule has 2 saturated heterocycles. The fraction of sp³-hybridized carbons (Fsp3) is 0.750. The number of carbonyl (C=O) groups is 3. The number of hydrogen-bond donors (Lipinski definition) is 1. The molecule has 2 amide bonds. The molecule has 0 radical (unpaired) electrons. The van der Waals surface area contributed by atoms with E-state index in [4.69, 9.17) is 9.84 Å². The van der Waals surface area contributed by atoms with Gasteiger partial charge in [-0.1, -0.05) is 0 Å². The topological polar surface area (TPSA) is 87.2 Å². The van der Waals surface area contributed by atoms with Gasteiger partial charge in [-0.2, -0.15) is 0 Å². The van der Waals surface area contributed by atoms with Crippen molar-refractivity contribution in [3.8, 4) is 0 Å². The molecule has 0 bridgehead atoms. The van der Waals surface area contributed by atoms with Crippen molar-refractivity contribution < 1.29 is 24.2 Å². The van der Waals surface area contributed by atoms with Crippen LogP contribution in [0.25, 0.3) is 0 Å². The average Bonchev–Trinajstić information content (AvgIpc) is 2.86. The maximum atomic E-state index is 12.5. The summed E-state index contributed by atoms with van der Waals surface area (Å²) in [5.74, 6) is -0.0211. The molecule has 8 heteroatoms. The van der Waals surface area contributed by atoms with Gasteiger partial charge in [0.15, 0.2) is 0 Å². The fourth-order valence-corrected chi connectivity index (χ4v) is 3.62. The van der Waals surface area contributed by atoms with Gasteiger partial charge in [-0.3, -0.25) is 14.4 Å². The van der Waals surface area contributed by atoms with E-state index in [1.807, 2.05) is 0 Å². The molecule has 7 nitrogen and oxygen atoms in total. The number of ether oxygens (including phenoxy) is 1. The summed E-state index contributed by atoms with van der Waals surface area (Å²) in [5, 5.41) is 8.78. The van der Waals surface area contributed by atoms with Gasteiger partial charge in [-0.25, -0.2) is 0 Å². The Morgan fingerprint density at radius 2 is 2.15 bits per heavy atom. The molecule has 0 unspecified atom stereocenters. The first-order chi connectivity index (χ1) is 9.49. The summed E-state index contributed by atoms with van der Waals surface area (Å²) in [5.41, 5.74) is 0. The highest BCUT2D eigenvalue weighted by Crippen LogP contribution is 2.23. The third-order valence-electron chi connectivity index (χ3n) is 3.42. The standard InChI is InChI=1S/C12H18N2O5S/c1-8(15)14-7-20-6-10(14)12(18)13-2-3-19-9(5-13)4-11(16)17/h9-10H,2-7H2,1H3,(H,16,17)/t9-,10-/m1/s1. The maximum Gasteiger partial charge on any atom is 0.306 e. The average molecular weight is 302 g/mol. The van der Waals surface area contributed by atoms with Crippen LogP contribution in [0.3, 0.4) is 0 Å². The van der Waals surface area contributed by atoms with Gasteiger partial charge < -0.3 is 19.6 Å². The molecule has 2 aliphatic rings. The van der Waals surface area contributed by atoms with E-state index < -0.39 is 18.1 Å². The number of amides is 2. The van der Waals surface area contributed by atoms with E-state index in [1.165, 1.54) is 6.92 Å². The highest BCUT2D eigenvalue weighted by molar-refractivity contribution is 7.99. The Labute approximate surface area is 121 Å². The van der Waals surface area contributed by atoms with Crippen molar-refractivity contribution >= 4 is 29.5 Å². The summed E-state index contributed by atoms with van der Waals surface area (Å²) in [4.78, 5) is 37.8. The largest absolute Gasteiger partial charge is 0.481 e. The number of rotatable bonds is 3. The van der Waals surface area contributed by atoms with Crippen molar-refractivity contribution in [1.82, 2.24) is 9.80 Å². The Bertz CT molecular complexity index is 417. The second-order valence-electron chi connectivity index (χ2n) is 4.88. The third kappa shape index (κ3) is 3.43. The van der Waals surface area contributed by atoms with Crippen LogP contribution in [0.15, 0.2) is 0 Å². The number of aliphatic carboxylic acids is 1. The minimum Gasteiger partial charge on any atom is -0.481 e. The van der Waals surface area contributed by atoms with Crippen molar-refractivity contribution in [3.63, 3.8) is 0 Å². The molecule has 0 saturated carbocycles. The first-order valence-corrected chi connectivity index (χ1v) is 7.61. The van der Waals surface area contributed by atoms with Crippen molar-refractivity contribution in [2.75, 3.05) is 31.3 Å². The van der Waals surface area contributed by atoms with E-state index in [-0.39, 0.29) is 24.8 Å². The monoisotopic (exact) mass is 302 g/mol. The molecular formula is C12H18N2O5S. The van der Waals surface area contributed by atoms with E-state index >= 15 is 0 Å². The summed E-state index contributed by atoms with van der Waals surface area (Å²) in [6.45, 7) is 2.52. The third-order valence-corrected chi connectivity index (χ3v) is 4.44. The molecule has 2 aliphatic heterocycles. The van der Waals surface area contributed by atoms with Gasteiger partial charge in [-0.05, 0) is 0 Å². The molecule has 2 atom stereocenters. The number of thioether (sulfide) groups is 1. The Morgan fingerprint density at radius 3 is 2.80 bits per heavy atom. The maximum absolute atomic E-state index is 12.5. The Hall–Kier alpha value is -1.28. The minimum absolute atomic E-state index is 0.108. The quantitative estimate of drug-likeness (QED) is 0.764. The second kappa shape index (κ2) is 6.45. The molecule has 2 heterocycles. The molecule has 0 aromatic rings. The first kappa shape index (κ1) is 15.1. The predicted molar refractivity (Wildman–Crippen MR) is 72.2 cm³/mol. The number of carboxylic acid groups (broad SMARTS) is 1. The molecular weight excluding hydrogens is 284 g/mol. The molecule has 0 aromatic heterocycles. The summed E-state index contributed by atoms with van der Waals surface area (Å²) in [6.07, 6.45) is -0.579. The van der Waals surface area contributed by atoms with Crippen LogP contribution in [0, 0.1) is 0 Å². The zero-order valence-corrected chi connectivity index (χ0v) is 12.1. The highest BCUT2D eigenvalue weighted by Gasteiger charge is 2.37. The summed E-state index contributed by atoms with van der Waals surface area (Å²) < 4.78 is 5.35. The lowest BCUT2D eigenvalue weighted by molar-refractivity contribution is -0.151. The fourth-order valence-electron chi connectivity index (χ4n) is 2.41. The number of hydrogen-bond acceptors (Lipinski definition) is 5. The number of carbonyl (C=O) groups excluding carboxylic acids is 2. The number of morpholine rings is 1. The van der Waals surface area contributed by atoms with Crippen LogP contribution >= 0.6 is 11.8 Å². The van der Waals surface area contributed by atoms with E-state index in [1.54, 1.807) is 21.6 Å². The lowest BCUT2D eigenvalue weighted by Crippen LogP contribution is -2.53. The zero-order valence-electron chi connectivity index (χ0n) is 11.3. The van der Waals surface area contributed by atoms with Crippen LogP contribution in [0.2, 0.25) is 0 Å². The van der Waals surface area contributed by atoms with Crippen molar-refractivity contribution in [2.24, 2.45) is 0 Å². The zero-order chi connectivity index (χ0) is 14.7. The van der Waals surface area contributed by atoms with Crippen LogP contribution in [-0.2, 0) is 19.1 Å². The lowest BCUT2D eigenvalue weighted by atomic mass is 10.1. The van der Waals surface area contributed by atoms with Crippen LogP contribution < -0.4 is 0 Å². The van der Waals surface area contributed by atoms with Gasteiger partial charge in [0, 0.05) is 25.8 Å². The van der Waals surface area contributed by atoms with Crippen LogP contribution in [0.4, 0.5) is 0 Å². The summed E-state index contributed by atoms with van der Waals surface area (Å²) in [7, 11) is 0. The molecule has 112 valence electrons. The smallest absolute Gasteiger partial charge is 0.306 e. The van der Waals surface area contributed by atoms with Gasteiger partial charge in [-0.15, -0.1) is 11.8 Å². The molecule has 1 N–H and O–H groups in total. The van der Waals surface area contributed by atoms with E-state index in [2.05, 4.69) is 0 Å². The molecule has 0 aliphatic carbocycles. The van der Waals surface area contributed by atoms with Crippen molar-refractivity contribution in [3.05, 3.63) is 0 Å². The van der Waals surface area contributed by atoms with Crippen LogP contribution in [-0.4, -0.2) is 76.2 Å². The van der Waals surface area contributed by atoms with E-state index in [9.17, 15) is 14.4 Å². The van der Waals surface area contributed by atoms with Crippen molar-refractivity contribution in [1.29, 1.82) is 0 Å². The van der Waals surface area contributed by atoms with Crippen LogP contribution in [0.1, 0.15) is 13.3 Å². The SMILES string of the molecule is CC(=O)N1CSC[C@@H]1C(=O)N1CCO[C@H](CC(=O)O)C1. The molecule has 2 fully saturated rings. The van der Waals surface area contributed by atoms with Gasteiger partial charge in [0.1, 0.15) is 6.04 Å². The van der Waals surface area contributed by atoms with E-state index in [0.717, 1.165) is 0 Å². The molecule has 0 spiro atoms. The van der Waals surface area contributed by atoms with Gasteiger partial charge in [0.25, 0.3) is 0 Å².